The quantitative estimate of drug-likeness (QED) is 0.821. The van der Waals surface area contributed by atoms with E-state index in [1.165, 1.54) is 5.56 Å². The third-order valence-corrected chi connectivity index (χ3v) is 2.92. The molecule has 108 valence electrons. The van der Waals surface area contributed by atoms with Crippen LogP contribution in [-0.4, -0.2) is 17.6 Å². The fourth-order valence-corrected chi connectivity index (χ4v) is 1.74. The molecule has 1 aromatic heterocycles. The van der Waals surface area contributed by atoms with Crippen molar-refractivity contribution >= 4 is 5.82 Å². The topological polar surface area (TPSA) is 37.0 Å². The Labute approximate surface area is 118 Å². The molecule has 0 saturated carbocycles. The maximum absolute atomic E-state index is 4.73. The summed E-state index contributed by atoms with van der Waals surface area (Å²) in [5.74, 6) is 0.995. The lowest BCUT2D eigenvalue weighted by atomic mass is 9.90. The molecule has 0 aliphatic rings. The number of nitrogens with zero attached hydrogens (tertiary/aromatic N) is 1. The summed E-state index contributed by atoms with van der Waals surface area (Å²) < 4.78 is 0. The molecule has 1 rings (SSSR count). The molecule has 0 radical (unpaired) electrons. The van der Waals surface area contributed by atoms with Crippen LogP contribution in [0.5, 0.6) is 0 Å². The van der Waals surface area contributed by atoms with Crippen LogP contribution in [0.15, 0.2) is 12.1 Å². The number of hydrogen-bond acceptors (Lipinski definition) is 3. The minimum atomic E-state index is 0.0798. The minimum absolute atomic E-state index is 0.0798. The van der Waals surface area contributed by atoms with Crippen LogP contribution in [0.3, 0.4) is 0 Å². The van der Waals surface area contributed by atoms with Crippen molar-refractivity contribution in [3.63, 3.8) is 0 Å². The molecule has 0 atom stereocenters. The SMILES string of the molecule is CCCNc1cc(CNC(C)C)cc(C(C)(C)C)n1. The Bertz CT molecular complexity index is 391. The van der Waals surface area contributed by atoms with Crippen LogP contribution in [0.25, 0.3) is 0 Å². The molecule has 2 N–H and O–H groups in total. The van der Waals surface area contributed by atoms with Gasteiger partial charge in [-0.2, -0.15) is 0 Å². The van der Waals surface area contributed by atoms with Crippen molar-refractivity contribution in [2.24, 2.45) is 0 Å². The van der Waals surface area contributed by atoms with Gasteiger partial charge in [0.15, 0.2) is 0 Å². The first-order valence-corrected chi connectivity index (χ1v) is 7.31. The van der Waals surface area contributed by atoms with Gasteiger partial charge >= 0.3 is 0 Å². The number of nitrogens with one attached hydrogen (secondary N) is 2. The van der Waals surface area contributed by atoms with E-state index >= 15 is 0 Å². The number of rotatable bonds is 6. The Morgan fingerprint density at radius 1 is 1.21 bits per heavy atom. The van der Waals surface area contributed by atoms with Crippen LogP contribution >= 0.6 is 0 Å². The second-order valence-corrected chi connectivity index (χ2v) is 6.46. The van der Waals surface area contributed by atoms with Gasteiger partial charge in [-0.05, 0) is 24.1 Å². The van der Waals surface area contributed by atoms with Crippen LogP contribution < -0.4 is 10.6 Å². The second kappa shape index (κ2) is 6.90. The fraction of sp³-hybridized carbons (Fsp3) is 0.688. The zero-order valence-corrected chi connectivity index (χ0v) is 13.3. The van der Waals surface area contributed by atoms with E-state index in [4.69, 9.17) is 4.98 Å². The van der Waals surface area contributed by atoms with Crippen LogP contribution in [0.1, 0.15) is 59.2 Å². The molecule has 0 aliphatic heterocycles. The normalized spacial score (nSPS) is 11.9. The van der Waals surface area contributed by atoms with E-state index in [0.29, 0.717) is 6.04 Å². The predicted molar refractivity (Wildman–Crippen MR) is 83.7 cm³/mol. The maximum atomic E-state index is 4.73. The predicted octanol–water partition coefficient (Wildman–Crippen LogP) is 3.70. The first-order valence-electron chi connectivity index (χ1n) is 7.31. The molecule has 0 aromatic carbocycles. The van der Waals surface area contributed by atoms with Crippen LogP contribution in [0, 0.1) is 0 Å². The monoisotopic (exact) mass is 263 g/mol. The Hall–Kier alpha value is -1.09. The largest absolute Gasteiger partial charge is 0.370 e. The molecule has 0 unspecified atom stereocenters. The molecular weight excluding hydrogens is 234 g/mol. The van der Waals surface area contributed by atoms with Gasteiger partial charge in [0.2, 0.25) is 0 Å². The zero-order chi connectivity index (χ0) is 14.5. The third kappa shape index (κ3) is 5.60. The van der Waals surface area contributed by atoms with E-state index < -0.39 is 0 Å². The zero-order valence-electron chi connectivity index (χ0n) is 13.3. The Kier molecular flexibility index (Phi) is 5.80. The minimum Gasteiger partial charge on any atom is -0.370 e. The lowest BCUT2D eigenvalue weighted by Crippen LogP contribution is -2.23. The number of pyridine rings is 1. The van der Waals surface area contributed by atoms with Crippen molar-refractivity contribution in [3.05, 3.63) is 23.4 Å². The van der Waals surface area contributed by atoms with Gasteiger partial charge in [-0.25, -0.2) is 4.98 Å². The lowest BCUT2D eigenvalue weighted by molar-refractivity contribution is 0.561. The molecule has 0 saturated heterocycles. The highest BCUT2D eigenvalue weighted by Gasteiger charge is 2.17. The van der Waals surface area contributed by atoms with Gasteiger partial charge < -0.3 is 10.6 Å². The maximum Gasteiger partial charge on any atom is 0.126 e. The average molecular weight is 263 g/mol. The van der Waals surface area contributed by atoms with Crippen LogP contribution in [0.4, 0.5) is 5.82 Å². The van der Waals surface area contributed by atoms with E-state index in [2.05, 4.69) is 64.3 Å². The van der Waals surface area contributed by atoms with Gasteiger partial charge in [0.1, 0.15) is 5.82 Å². The summed E-state index contributed by atoms with van der Waals surface area (Å²) in [6, 6.07) is 4.87. The number of aromatic nitrogens is 1. The fourth-order valence-electron chi connectivity index (χ4n) is 1.74. The van der Waals surface area contributed by atoms with Gasteiger partial charge in [-0.15, -0.1) is 0 Å². The lowest BCUT2D eigenvalue weighted by Gasteiger charge is -2.21. The van der Waals surface area contributed by atoms with E-state index in [0.717, 1.165) is 31.0 Å². The molecule has 1 aromatic rings. The molecule has 0 fully saturated rings. The van der Waals surface area contributed by atoms with Crippen molar-refractivity contribution in [2.45, 2.75) is 66.0 Å². The molecule has 0 aliphatic carbocycles. The summed E-state index contributed by atoms with van der Waals surface area (Å²) in [5.41, 5.74) is 2.53. The smallest absolute Gasteiger partial charge is 0.126 e. The van der Waals surface area contributed by atoms with Crippen molar-refractivity contribution in [3.8, 4) is 0 Å². The van der Waals surface area contributed by atoms with E-state index in [-0.39, 0.29) is 5.41 Å². The number of anilines is 1. The molecule has 19 heavy (non-hydrogen) atoms. The van der Waals surface area contributed by atoms with Crippen molar-refractivity contribution < 1.29 is 0 Å². The van der Waals surface area contributed by atoms with Gasteiger partial charge in [0.25, 0.3) is 0 Å². The van der Waals surface area contributed by atoms with E-state index in [1.54, 1.807) is 0 Å². The van der Waals surface area contributed by atoms with Crippen molar-refractivity contribution in [1.82, 2.24) is 10.3 Å². The molecule has 3 heteroatoms. The van der Waals surface area contributed by atoms with Crippen molar-refractivity contribution in [2.75, 3.05) is 11.9 Å². The standard InChI is InChI=1S/C16H29N3/c1-7-8-17-15-10-13(11-18-12(2)3)9-14(19-15)16(4,5)6/h9-10,12,18H,7-8,11H2,1-6H3,(H,17,19). The molecule has 3 nitrogen and oxygen atoms in total. The van der Waals surface area contributed by atoms with Gasteiger partial charge in [-0.1, -0.05) is 41.5 Å². The molecule has 0 spiro atoms. The third-order valence-electron chi connectivity index (χ3n) is 2.92. The van der Waals surface area contributed by atoms with E-state index in [1.807, 2.05) is 0 Å². The van der Waals surface area contributed by atoms with Gasteiger partial charge in [0, 0.05) is 30.2 Å². The first kappa shape index (κ1) is 16.0. The highest BCUT2D eigenvalue weighted by atomic mass is 15.0. The van der Waals surface area contributed by atoms with Gasteiger partial charge in [-0.3, -0.25) is 0 Å². The van der Waals surface area contributed by atoms with Crippen molar-refractivity contribution in [1.29, 1.82) is 0 Å². The summed E-state index contributed by atoms with van der Waals surface area (Å²) in [6.45, 7) is 15.0. The second-order valence-electron chi connectivity index (χ2n) is 6.46. The first-order chi connectivity index (χ1) is 8.82. The molecular formula is C16H29N3. The van der Waals surface area contributed by atoms with E-state index in [9.17, 15) is 0 Å². The van der Waals surface area contributed by atoms with Crippen LogP contribution in [0.2, 0.25) is 0 Å². The van der Waals surface area contributed by atoms with Gasteiger partial charge in [0.05, 0.1) is 0 Å². The highest BCUT2D eigenvalue weighted by molar-refractivity contribution is 5.41. The molecule has 0 bridgehead atoms. The Balaban J connectivity index is 2.95. The summed E-state index contributed by atoms with van der Waals surface area (Å²) in [7, 11) is 0. The molecule has 1 heterocycles. The summed E-state index contributed by atoms with van der Waals surface area (Å²) in [4.78, 5) is 4.73. The Morgan fingerprint density at radius 3 is 2.42 bits per heavy atom. The molecule has 0 amide bonds. The van der Waals surface area contributed by atoms with Crippen LogP contribution in [-0.2, 0) is 12.0 Å². The summed E-state index contributed by atoms with van der Waals surface area (Å²) in [6.07, 6.45) is 1.11. The average Bonchev–Trinajstić information content (AvgIpc) is 2.32. The summed E-state index contributed by atoms with van der Waals surface area (Å²) >= 11 is 0. The summed E-state index contributed by atoms with van der Waals surface area (Å²) in [5, 5.41) is 6.86. The number of hydrogen-bond donors (Lipinski definition) is 2. The Morgan fingerprint density at radius 2 is 1.89 bits per heavy atom. The highest BCUT2D eigenvalue weighted by Crippen LogP contribution is 2.23.